The van der Waals surface area contributed by atoms with Crippen LogP contribution >= 0.6 is 0 Å². The average Bonchev–Trinajstić information content (AvgIpc) is 2.99. The highest BCUT2D eigenvalue weighted by Crippen LogP contribution is 2.28. The summed E-state index contributed by atoms with van der Waals surface area (Å²) in [7, 11) is 0. The van der Waals surface area contributed by atoms with Crippen molar-refractivity contribution in [1.82, 2.24) is 4.98 Å². The number of benzene rings is 1. The van der Waals surface area contributed by atoms with Crippen LogP contribution in [0.5, 0.6) is 5.75 Å². The van der Waals surface area contributed by atoms with Crippen molar-refractivity contribution in [3.63, 3.8) is 0 Å². The third-order valence-corrected chi connectivity index (χ3v) is 3.72. The van der Waals surface area contributed by atoms with Crippen LogP contribution in [-0.2, 0) is 4.74 Å². The van der Waals surface area contributed by atoms with Gasteiger partial charge in [0, 0.05) is 23.9 Å². The maximum atomic E-state index is 5.95. The molecule has 1 aromatic carbocycles. The fourth-order valence-electron chi connectivity index (χ4n) is 2.65. The lowest BCUT2D eigenvalue weighted by Crippen LogP contribution is -2.08. The molecule has 0 spiro atoms. The first-order valence-electron chi connectivity index (χ1n) is 7.22. The molecule has 1 aliphatic heterocycles. The highest BCUT2D eigenvalue weighted by atomic mass is 16.5. The lowest BCUT2D eigenvalue weighted by atomic mass is 10.1. The molecule has 1 saturated heterocycles. The number of anilines is 1. The smallest absolute Gasteiger partial charge is 0.145 e. The summed E-state index contributed by atoms with van der Waals surface area (Å²) < 4.78 is 11.5. The van der Waals surface area contributed by atoms with Gasteiger partial charge in [0.1, 0.15) is 11.3 Å². The minimum absolute atomic E-state index is 0.430. The molecule has 3 rings (SSSR count). The molecule has 106 valence electrons. The molecule has 4 heteroatoms. The van der Waals surface area contributed by atoms with Crippen LogP contribution in [0, 0.1) is 0 Å². The molecular formula is C16H20N2O2. The van der Waals surface area contributed by atoms with Crippen molar-refractivity contribution < 1.29 is 9.47 Å². The van der Waals surface area contributed by atoms with E-state index in [0.29, 0.717) is 12.7 Å². The van der Waals surface area contributed by atoms with Gasteiger partial charge in [-0.25, -0.2) is 0 Å². The lowest BCUT2D eigenvalue weighted by molar-refractivity contribution is 0.0982. The molecule has 0 aliphatic carbocycles. The Balaban J connectivity index is 1.61. The second kappa shape index (κ2) is 6.09. The first-order valence-corrected chi connectivity index (χ1v) is 7.22. The number of hydrogen-bond acceptors (Lipinski definition) is 4. The van der Waals surface area contributed by atoms with E-state index < -0.39 is 0 Å². The normalized spacial score (nSPS) is 18.5. The zero-order chi connectivity index (χ0) is 13.8. The van der Waals surface area contributed by atoms with E-state index in [1.54, 1.807) is 6.20 Å². The van der Waals surface area contributed by atoms with E-state index in [-0.39, 0.29) is 0 Å². The summed E-state index contributed by atoms with van der Waals surface area (Å²) in [6.07, 6.45) is 6.65. The zero-order valence-electron chi connectivity index (χ0n) is 11.5. The highest BCUT2D eigenvalue weighted by molar-refractivity contribution is 5.94. The number of aromatic nitrogens is 1. The molecule has 1 unspecified atom stereocenters. The topological polar surface area (TPSA) is 57.4 Å². The summed E-state index contributed by atoms with van der Waals surface area (Å²) in [6, 6.07) is 7.63. The molecule has 0 bridgehead atoms. The van der Waals surface area contributed by atoms with Crippen LogP contribution in [0.15, 0.2) is 30.5 Å². The van der Waals surface area contributed by atoms with Gasteiger partial charge in [0.25, 0.3) is 0 Å². The molecule has 0 radical (unpaired) electrons. The zero-order valence-corrected chi connectivity index (χ0v) is 11.5. The number of fused-ring (bicyclic) bond motifs is 1. The Morgan fingerprint density at radius 1 is 1.35 bits per heavy atom. The molecule has 0 saturated carbocycles. The van der Waals surface area contributed by atoms with E-state index >= 15 is 0 Å². The number of hydrogen-bond donors (Lipinski definition) is 1. The second-order valence-electron chi connectivity index (χ2n) is 5.18. The monoisotopic (exact) mass is 272 g/mol. The van der Waals surface area contributed by atoms with Gasteiger partial charge in [-0.05, 0) is 49.9 Å². The minimum atomic E-state index is 0.430. The van der Waals surface area contributed by atoms with Crippen LogP contribution in [0.25, 0.3) is 10.9 Å². The predicted octanol–water partition coefficient (Wildman–Crippen LogP) is 3.16. The third kappa shape index (κ3) is 2.85. The van der Waals surface area contributed by atoms with Gasteiger partial charge in [-0.3, -0.25) is 4.98 Å². The average molecular weight is 272 g/mol. The van der Waals surface area contributed by atoms with E-state index in [0.717, 1.165) is 41.8 Å². The molecule has 1 aromatic heterocycles. The molecule has 0 amide bonds. The summed E-state index contributed by atoms with van der Waals surface area (Å²) in [5.41, 5.74) is 7.52. The first kappa shape index (κ1) is 13.2. The van der Waals surface area contributed by atoms with Gasteiger partial charge in [0.05, 0.1) is 12.7 Å². The summed E-state index contributed by atoms with van der Waals surface area (Å²) in [6.45, 7) is 1.60. The summed E-state index contributed by atoms with van der Waals surface area (Å²) in [5.74, 6) is 0.808. The van der Waals surface area contributed by atoms with Crippen molar-refractivity contribution in [2.45, 2.75) is 31.8 Å². The Morgan fingerprint density at radius 3 is 3.15 bits per heavy atom. The molecule has 1 aliphatic rings. The quantitative estimate of drug-likeness (QED) is 0.671. The summed E-state index contributed by atoms with van der Waals surface area (Å²) in [4.78, 5) is 4.37. The summed E-state index contributed by atoms with van der Waals surface area (Å²) >= 11 is 0. The molecule has 4 nitrogen and oxygen atoms in total. The van der Waals surface area contributed by atoms with Crippen LogP contribution < -0.4 is 10.5 Å². The fourth-order valence-corrected chi connectivity index (χ4v) is 2.65. The number of nitrogens with zero attached hydrogens (tertiary/aromatic N) is 1. The molecule has 20 heavy (non-hydrogen) atoms. The van der Waals surface area contributed by atoms with Crippen LogP contribution in [-0.4, -0.2) is 24.3 Å². The lowest BCUT2D eigenvalue weighted by Gasteiger charge is -2.12. The number of nitrogens with two attached hydrogens (primary N) is 1. The second-order valence-corrected chi connectivity index (χ2v) is 5.18. The van der Waals surface area contributed by atoms with E-state index in [4.69, 9.17) is 15.2 Å². The molecule has 2 N–H and O–H groups in total. The maximum Gasteiger partial charge on any atom is 0.145 e. The predicted molar refractivity (Wildman–Crippen MR) is 79.9 cm³/mol. The Kier molecular flexibility index (Phi) is 4.02. The summed E-state index contributed by atoms with van der Waals surface area (Å²) in [5, 5.41) is 0.948. The van der Waals surface area contributed by atoms with Crippen LogP contribution in [0.4, 0.5) is 5.69 Å². The number of ether oxygens (including phenoxy) is 2. The standard InChI is InChI=1S/C16H20N2O2/c17-14-7-8-15(16-13(14)6-1-9-18-16)20-11-3-5-12-4-2-10-19-12/h1,6-9,12H,2-5,10-11,17H2. The van der Waals surface area contributed by atoms with E-state index in [1.807, 2.05) is 24.3 Å². The van der Waals surface area contributed by atoms with E-state index in [9.17, 15) is 0 Å². The van der Waals surface area contributed by atoms with Crippen LogP contribution in [0.3, 0.4) is 0 Å². The fraction of sp³-hybridized carbons (Fsp3) is 0.438. The van der Waals surface area contributed by atoms with Crippen molar-refractivity contribution >= 4 is 16.6 Å². The molecule has 2 aromatic rings. The Labute approximate surface area is 118 Å². The number of pyridine rings is 1. The highest BCUT2D eigenvalue weighted by Gasteiger charge is 2.14. The third-order valence-electron chi connectivity index (χ3n) is 3.72. The van der Waals surface area contributed by atoms with Gasteiger partial charge in [0.15, 0.2) is 0 Å². The van der Waals surface area contributed by atoms with E-state index in [1.165, 1.54) is 12.8 Å². The first-order chi connectivity index (χ1) is 9.84. The van der Waals surface area contributed by atoms with Crippen molar-refractivity contribution in [2.24, 2.45) is 0 Å². The van der Waals surface area contributed by atoms with E-state index in [2.05, 4.69) is 4.98 Å². The molecule has 2 heterocycles. The van der Waals surface area contributed by atoms with Crippen LogP contribution in [0.2, 0.25) is 0 Å². The van der Waals surface area contributed by atoms with Crippen molar-refractivity contribution in [3.05, 3.63) is 30.5 Å². The molecule has 1 fully saturated rings. The minimum Gasteiger partial charge on any atom is -0.491 e. The largest absolute Gasteiger partial charge is 0.491 e. The van der Waals surface area contributed by atoms with Crippen molar-refractivity contribution in [2.75, 3.05) is 18.9 Å². The number of nitrogen functional groups attached to an aromatic ring is 1. The Hall–Kier alpha value is -1.81. The number of rotatable bonds is 5. The van der Waals surface area contributed by atoms with Gasteiger partial charge in [0.2, 0.25) is 0 Å². The Morgan fingerprint density at radius 2 is 2.30 bits per heavy atom. The van der Waals surface area contributed by atoms with Gasteiger partial charge < -0.3 is 15.2 Å². The van der Waals surface area contributed by atoms with Gasteiger partial charge in [-0.15, -0.1) is 0 Å². The van der Waals surface area contributed by atoms with Gasteiger partial charge in [-0.1, -0.05) is 0 Å². The molecular weight excluding hydrogens is 252 g/mol. The van der Waals surface area contributed by atoms with Gasteiger partial charge in [-0.2, -0.15) is 0 Å². The molecule has 1 atom stereocenters. The maximum absolute atomic E-state index is 5.95. The van der Waals surface area contributed by atoms with Crippen LogP contribution in [0.1, 0.15) is 25.7 Å². The van der Waals surface area contributed by atoms with Gasteiger partial charge >= 0.3 is 0 Å². The Bertz CT molecular complexity index is 580. The SMILES string of the molecule is Nc1ccc(OCCCC2CCCO2)c2ncccc12. The van der Waals surface area contributed by atoms with Crippen molar-refractivity contribution in [1.29, 1.82) is 0 Å². The van der Waals surface area contributed by atoms with Crippen molar-refractivity contribution in [3.8, 4) is 5.75 Å².